The van der Waals surface area contributed by atoms with E-state index in [0.29, 0.717) is 11.4 Å². The van der Waals surface area contributed by atoms with Gasteiger partial charge in [-0.3, -0.25) is 9.48 Å². The Hall–Kier alpha value is -3.62. The largest absolute Gasteiger partial charge is 0.471 e. The molecule has 0 radical (unpaired) electrons. The van der Waals surface area contributed by atoms with Crippen LogP contribution in [-0.2, 0) is 18.5 Å². The van der Waals surface area contributed by atoms with Gasteiger partial charge in [0.25, 0.3) is 5.91 Å². The van der Waals surface area contributed by atoms with Gasteiger partial charge < -0.3 is 14.8 Å². The molecule has 0 aliphatic rings. The van der Waals surface area contributed by atoms with Crippen molar-refractivity contribution >= 4 is 17.6 Å². The van der Waals surface area contributed by atoms with Gasteiger partial charge in [0.2, 0.25) is 0 Å². The number of ether oxygens (including phenoxy) is 2. The van der Waals surface area contributed by atoms with Crippen LogP contribution >= 0.6 is 0 Å². The molecule has 3 aromatic rings. The van der Waals surface area contributed by atoms with Gasteiger partial charge in [-0.05, 0) is 38.5 Å². The molecule has 0 saturated carbocycles. The van der Waals surface area contributed by atoms with E-state index in [1.165, 1.54) is 16.5 Å². The summed E-state index contributed by atoms with van der Waals surface area (Å²) in [7, 11) is 2.88. The van der Waals surface area contributed by atoms with Crippen LogP contribution in [0.2, 0.25) is 0 Å². The third-order valence-electron chi connectivity index (χ3n) is 4.40. The number of benzene rings is 1. The highest BCUT2D eigenvalue weighted by molar-refractivity contribution is 6.07. The molecule has 152 valence electrons. The molecule has 2 aromatic heterocycles. The molecule has 3 rings (SSSR count). The van der Waals surface area contributed by atoms with Crippen LogP contribution in [0.4, 0.5) is 5.69 Å². The fourth-order valence-electron chi connectivity index (χ4n) is 2.97. The van der Waals surface area contributed by atoms with Gasteiger partial charge in [-0.1, -0.05) is 17.7 Å². The van der Waals surface area contributed by atoms with E-state index in [1.807, 2.05) is 32.0 Å². The van der Waals surface area contributed by atoms with E-state index in [9.17, 15) is 9.59 Å². The molecular weight excluding hydrogens is 374 g/mol. The van der Waals surface area contributed by atoms with Crippen molar-refractivity contribution < 1.29 is 19.1 Å². The summed E-state index contributed by atoms with van der Waals surface area (Å²) in [6.07, 6.45) is 1.65. The molecule has 0 aliphatic heterocycles. The van der Waals surface area contributed by atoms with Gasteiger partial charge in [0.05, 0.1) is 18.5 Å². The first-order valence-corrected chi connectivity index (χ1v) is 8.97. The van der Waals surface area contributed by atoms with Crippen LogP contribution < -0.4 is 10.1 Å². The number of hydrogen-bond donors (Lipinski definition) is 1. The molecule has 2 heterocycles. The summed E-state index contributed by atoms with van der Waals surface area (Å²) in [5, 5.41) is 11.1. The van der Waals surface area contributed by atoms with Gasteiger partial charge in [0.1, 0.15) is 5.75 Å². The number of methoxy groups -OCH3 is 1. The van der Waals surface area contributed by atoms with Crippen molar-refractivity contribution in [2.75, 3.05) is 12.4 Å². The summed E-state index contributed by atoms with van der Waals surface area (Å²) in [5.41, 5.74) is 3.33. The van der Waals surface area contributed by atoms with Gasteiger partial charge in [0, 0.05) is 13.2 Å². The average molecular weight is 397 g/mol. The van der Waals surface area contributed by atoms with E-state index in [2.05, 4.69) is 15.5 Å². The minimum atomic E-state index is -0.587. The zero-order valence-electron chi connectivity index (χ0n) is 17.0. The van der Waals surface area contributed by atoms with Gasteiger partial charge in [-0.2, -0.15) is 10.2 Å². The molecule has 0 atom stereocenters. The van der Waals surface area contributed by atoms with Crippen LogP contribution in [0.5, 0.6) is 5.75 Å². The number of carbonyl (C=O) groups is 2. The maximum Gasteiger partial charge on any atom is 0.358 e. The molecule has 9 heteroatoms. The van der Waals surface area contributed by atoms with Gasteiger partial charge in [-0.25, -0.2) is 9.48 Å². The van der Waals surface area contributed by atoms with E-state index >= 15 is 0 Å². The number of aromatic nitrogens is 4. The molecule has 0 fully saturated rings. The summed E-state index contributed by atoms with van der Waals surface area (Å²) in [5.74, 6) is -0.293. The van der Waals surface area contributed by atoms with E-state index in [1.54, 1.807) is 26.2 Å². The molecule has 29 heavy (non-hydrogen) atoms. The van der Waals surface area contributed by atoms with Crippen LogP contribution in [-0.4, -0.2) is 38.5 Å². The first kappa shape index (κ1) is 20.1. The number of rotatable bonds is 6. The molecule has 0 saturated heterocycles. The van der Waals surface area contributed by atoms with Crippen molar-refractivity contribution in [3.8, 4) is 5.75 Å². The highest BCUT2D eigenvalue weighted by atomic mass is 16.5. The normalized spacial score (nSPS) is 10.7. The summed E-state index contributed by atoms with van der Waals surface area (Å²) >= 11 is 0. The Morgan fingerprint density at radius 1 is 1.14 bits per heavy atom. The van der Waals surface area contributed by atoms with Gasteiger partial charge in [0.15, 0.2) is 18.1 Å². The van der Waals surface area contributed by atoms with Crippen molar-refractivity contribution in [3.63, 3.8) is 0 Å². The highest BCUT2D eigenvalue weighted by Crippen LogP contribution is 2.22. The Bertz CT molecular complexity index is 1070. The summed E-state index contributed by atoms with van der Waals surface area (Å²) in [6, 6.07) is 7.48. The average Bonchev–Trinajstić information content (AvgIpc) is 3.25. The second kappa shape index (κ2) is 8.17. The van der Waals surface area contributed by atoms with Crippen LogP contribution in [0.3, 0.4) is 0 Å². The highest BCUT2D eigenvalue weighted by Gasteiger charge is 2.23. The lowest BCUT2D eigenvalue weighted by Gasteiger charge is -2.09. The van der Waals surface area contributed by atoms with Crippen LogP contribution in [0.1, 0.15) is 37.8 Å². The van der Waals surface area contributed by atoms with Gasteiger partial charge in [-0.15, -0.1) is 0 Å². The number of nitrogens with one attached hydrogen (secondary N) is 1. The van der Waals surface area contributed by atoms with Crippen LogP contribution in [0.15, 0.2) is 30.5 Å². The van der Waals surface area contributed by atoms with E-state index in [0.717, 1.165) is 16.9 Å². The lowest BCUT2D eigenvalue weighted by molar-refractivity contribution is 0.0589. The zero-order valence-corrected chi connectivity index (χ0v) is 17.0. The Morgan fingerprint density at radius 2 is 1.90 bits per heavy atom. The second-order valence-corrected chi connectivity index (χ2v) is 6.66. The minimum Gasteiger partial charge on any atom is -0.471 e. The molecule has 9 nitrogen and oxygen atoms in total. The Morgan fingerprint density at radius 3 is 2.59 bits per heavy atom. The van der Waals surface area contributed by atoms with E-state index < -0.39 is 11.9 Å². The smallest absolute Gasteiger partial charge is 0.358 e. The predicted molar refractivity (Wildman–Crippen MR) is 106 cm³/mol. The number of amides is 1. The number of aryl methyl sites for hydroxylation is 4. The zero-order chi connectivity index (χ0) is 21.1. The van der Waals surface area contributed by atoms with Crippen LogP contribution in [0.25, 0.3) is 0 Å². The van der Waals surface area contributed by atoms with Crippen molar-refractivity contribution in [3.05, 3.63) is 58.7 Å². The molecule has 1 amide bonds. The SMILES string of the molecule is COC(=O)c1c(NC(=O)c2ccn(COc3ccc(C)cc3C)n2)c(C)nn1C. The lowest BCUT2D eigenvalue weighted by Crippen LogP contribution is -2.18. The molecular formula is C20H23N5O4. The molecule has 1 aromatic carbocycles. The van der Waals surface area contributed by atoms with Crippen molar-refractivity contribution in [1.29, 1.82) is 0 Å². The summed E-state index contributed by atoms with van der Waals surface area (Å²) in [6.45, 7) is 5.85. The lowest BCUT2D eigenvalue weighted by atomic mass is 10.1. The maximum absolute atomic E-state index is 12.6. The predicted octanol–water partition coefficient (Wildman–Crippen LogP) is 2.62. The monoisotopic (exact) mass is 397 g/mol. The fraction of sp³-hybridized carbons (Fsp3) is 0.300. The molecule has 1 N–H and O–H groups in total. The molecule has 0 bridgehead atoms. The van der Waals surface area contributed by atoms with Gasteiger partial charge >= 0.3 is 5.97 Å². The molecule has 0 unspecified atom stereocenters. The van der Waals surface area contributed by atoms with Crippen LogP contribution in [0, 0.1) is 20.8 Å². The number of anilines is 1. The third-order valence-corrected chi connectivity index (χ3v) is 4.40. The Balaban J connectivity index is 1.71. The third kappa shape index (κ3) is 4.29. The minimum absolute atomic E-state index is 0.163. The van der Waals surface area contributed by atoms with Crippen molar-refractivity contribution in [1.82, 2.24) is 19.6 Å². The number of nitrogens with zero attached hydrogens (tertiary/aromatic N) is 4. The maximum atomic E-state index is 12.6. The number of carbonyl (C=O) groups excluding carboxylic acids is 2. The Labute approximate surface area is 168 Å². The first-order valence-electron chi connectivity index (χ1n) is 8.97. The molecule has 0 spiro atoms. The first-order chi connectivity index (χ1) is 13.8. The Kier molecular flexibility index (Phi) is 5.67. The number of esters is 1. The second-order valence-electron chi connectivity index (χ2n) is 6.66. The van der Waals surface area contributed by atoms with Crippen molar-refractivity contribution in [2.24, 2.45) is 7.05 Å². The molecule has 0 aliphatic carbocycles. The fourth-order valence-corrected chi connectivity index (χ4v) is 2.97. The quantitative estimate of drug-likeness (QED) is 0.642. The summed E-state index contributed by atoms with van der Waals surface area (Å²) < 4.78 is 13.4. The van der Waals surface area contributed by atoms with Crippen molar-refractivity contribution in [2.45, 2.75) is 27.5 Å². The standard InChI is InChI=1S/C20H23N5O4/c1-12-6-7-16(13(2)10-12)29-11-25-9-8-15(23-25)19(26)21-17-14(3)22-24(4)18(17)20(27)28-5/h6-10H,11H2,1-5H3,(H,21,26). The number of hydrogen-bond acceptors (Lipinski definition) is 6. The van der Waals surface area contributed by atoms with E-state index in [-0.39, 0.29) is 18.1 Å². The van der Waals surface area contributed by atoms with E-state index in [4.69, 9.17) is 9.47 Å². The summed E-state index contributed by atoms with van der Waals surface area (Å²) in [4.78, 5) is 24.6. The topological polar surface area (TPSA) is 100 Å².